The number of anilines is 1. The van der Waals surface area contributed by atoms with E-state index in [-0.39, 0.29) is 11.6 Å². The SMILES string of the molecule is CCn1c(C(C)N(CCOC)C(=O)Nc2ccc(SC)cc2)nc2ccccc2c1=O. The second-order valence-corrected chi connectivity index (χ2v) is 7.94. The third-order valence-corrected chi connectivity index (χ3v) is 5.93. The fraction of sp³-hybridized carbons (Fsp3) is 0.348. The first-order valence-corrected chi connectivity index (χ1v) is 11.4. The molecule has 0 saturated heterocycles. The number of aromatic nitrogens is 2. The first-order valence-electron chi connectivity index (χ1n) is 10.2. The molecule has 0 aliphatic carbocycles. The molecular weight excluding hydrogens is 412 g/mol. The van der Waals surface area contributed by atoms with E-state index in [0.29, 0.717) is 42.1 Å². The summed E-state index contributed by atoms with van der Waals surface area (Å²) in [4.78, 5) is 33.7. The Morgan fingerprint density at radius 2 is 1.94 bits per heavy atom. The molecule has 0 fully saturated rings. The number of carbonyl (C=O) groups is 1. The van der Waals surface area contributed by atoms with Gasteiger partial charge < -0.3 is 15.0 Å². The van der Waals surface area contributed by atoms with Crippen molar-refractivity contribution in [2.75, 3.05) is 31.8 Å². The molecular formula is C23H28N4O3S. The van der Waals surface area contributed by atoms with Crippen LogP contribution in [0.5, 0.6) is 0 Å². The van der Waals surface area contributed by atoms with Gasteiger partial charge in [-0.05, 0) is 56.5 Å². The molecule has 1 atom stereocenters. The highest BCUT2D eigenvalue weighted by Crippen LogP contribution is 2.22. The zero-order chi connectivity index (χ0) is 22.4. The summed E-state index contributed by atoms with van der Waals surface area (Å²) in [6.07, 6.45) is 2.01. The number of amides is 2. The van der Waals surface area contributed by atoms with Gasteiger partial charge in [0.05, 0.1) is 23.6 Å². The number of hydrogen-bond acceptors (Lipinski definition) is 5. The van der Waals surface area contributed by atoms with E-state index in [1.807, 2.05) is 62.6 Å². The smallest absolute Gasteiger partial charge is 0.322 e. The predicted molar refractivity (Wildman–Crippen MR) is 126 cm³/mol. The molecule has 0 spiro atoms. The van der Waals surface area contributed by atoms with E-state index < -0.39 is 6.04 Å². The van der Waals surface area contributed by atoms with E-state index in [9.17, 15) is 9.59 Å². The number of hydrogen-bond donors (Lipinski definition) is 1. The van der Waals surface area contributed by atoms with Crippen molar-refractivity contribution in [1.82, 2.24) is 14.5 Å². The van der Waals surface area contributed by atoms with Gasteiger partial charge in [-0.3, -0.25) is 9.36 Å². The van der Waals surface area contributed by atoms with Gasteiger partial charge >= 0.3 is 6.03 Å². The molecule has 0 aliphatic heterocycles. The third kappa shape index (κ3) is 5.08. The second-order valence-electron chi connectivity index (χ2n) is 7.06. The number of urea groups is 1. The molecule has 31 heavy (non-hydrogen) atoms. The molecule has 3 aromatic rings. The Balaban J connectivity index is 1.96. The Labute approximate surface area is 186 Å². The summed E-state index contributed by atoms with van der Waals surface area (Å²) in [6, 6.07) is 14.2. The minimum Gasteiger partial charge on any atom is -0.383 e. The zero-order valence-corrected chi connectivity index (χ0v) is 19.1. The van der Waals surface area contributed by atoms with E-state index in [1.165, 1.54) is 0 Å². The first-order chi connectivity index (χ1) is 15.0. The van der Waals surface area contributed by atoms with Crippen molar-refractivity contribution in [2.45, 2.75) is 31.3 Å². The maximum atomic E-state index is 13.2. The van der Waals surface area contributed by atoms with Crippen LogP contribution in [-0.4, -0.2) is 47.0 Å². The highest BCUT2D eigenvalue weighted by molar-refractivity contribution is 7.98. The Morgan fingerprint density at radius 3 is 2.58 bits per heavy atom. The summed E-state index contributed by atoms with van der Waals surface area (Å²) in [5.41, 5.74) is 1.23. The molecule has 1 N–H and O–H groups in total. The maximum absolute atomic E-state index is 13.2. The molecule has 164 valence electrons. The largest absolute Gasteiger partial charge is 0.383 e. The first kappa shape index (κ1) is 22.8. The van der Waals surface area contributed by atoms with Crippen molar-refractivity contribution in [3.05, 3.63) is 64.7 Å². The van der Waals surface area contributed by atoms with Crippen LogP contribution in [0, 0.1) is 0 Å². The highest BCUT2D eigenvalue weighted by Gasteiger charge is 2.26. The molecule has 0 bridgehead atoms. The maximum Gasteiger partial charge on any atom is 0.322 e. The van der Waals surface area contributed by atoms with E-state index in [1.54, 1.807) is 34.4 Å². The Kier molecular flexibility index (Phi) is 7.70. The quantitative estimate of drug-likeness (QED) is 0.526. The summed E-state index contributed by atoms with van der Waals surface area (Å²) >= 11 is 1.64. The molecule has 2 amide bonds. The Morgan fingerprint density at radius 1 is 1.23 bits per heavy atom. The van der Waals surface area contributed by atoms with E-state index in [2.05, 4.69) is 5.32 Å². The highest BCUT2D eigenvalue weighted by atomic mass is 32.2. The van der Waals surface area contributed by atoms with Crippen LogP contribution in [0.25, 0.3) is 10.9 Å². The average molecular weight is 441 g/mol. The number of para-hydroxylation sites is 1. The van der Waals surface area contributed by atoms with E-state index in [0.717, 1.165) is 4.90 Å². The van der Waals surface area contributed by atoms with Gasteiger partial charge in [0.1, 0.15) is 5.82 Å². The molecule has 8 heteroatoms. The number of rotatable bonds is 8. The van der Waals surface area contributed by atoms with Crippen LogP contribution < -0.4 is 10.9 Å². The normalized spacial score (nSPS) is 12.0. The lowest BCUT2D eigenvalue weighted by atomic mass is 10.2. The molecule has 1 heterocycles. The van der Waals surface area contributed by atoms with Crippen LogP contribution in [0.4, 0.5) is 10.5 Å². The number of methoxy groups -OCH3 is 1. The van der Waals surface area contributed by atoms with Crippen molar-refractivity contribution >= 4 is 34.4 Å². The average Bonchev–Trinajstić information content (AvgIpc) is 2.79. The van der Waals surface area contributed by atoms with E-state index >= 15 is 0 Å². The molecule has 0 saturated carbocycles. The van der Waals surface area contributed by atoms with Crippen LogP contribution in [0.2, 0.25) is 0 Å². The summed E-state index contributed by atoms with van der Waals surface area (Å²) in [6.45, 7) is 4.98. The number of carbonyl (C=O) groups excluding carboxylic acids is 1. The fourth-order valence-electron chi connectivity index (χ4n) is 3.48. The fourth-order valence-corrected chi connectivity index (χ4v) is 3.89. The van der Waals surface area contributed by atoms with E-state index in [4.69, 9.17) is 9.72 Å². The van der Waals surface area contributed by atoms with Crippen LogP contribution in [0.1, 0.15) is 25.7 Å². The van der Waals surface area contributed by atoms with Gasteiger partial charge in [-0.1, -0.05) is 12.1 Å². The van der Waals surface area contributed by atoms with Crippen molar-refractivity contribution in [3.63, 3.8) is 0 Å². The van der Waals surface area contributed by atoms with Gasteiger partial charge in [-0.25, -0.2) is 9.78 Å². The van der Waals surface area contributed by atoms with Gasteiger partial charge in [0.15, 0.2) is 0 Å². The monoisotopic (exact) mass is 440 g/mol. The topological polar surface area (TPSA) is 76.5 Å². The third-order valence-electron chi connectivity index (χ3n) is 5.19. The molecule has 0 aliphatic rings. The lowest BCUT2D eigenvalue weighted by molar-refractivity contribution is 0.136. The van der Waals surface area contributed by atoms with Gasteiger partial charge in [0.2, 0.25) is 0 Å². The van der Waals surface area contributed by atoms with Crippen LogP contribution in [0.15, 0.2) is 58.2 Å². The van der Waals surface area contributed by atoms with Gasteiger partial charge in [0.25, 0.3) is 5.56 Å². The number of benzene rings is 2. The van der Waals surface area contributed by atoms with Crippen molar-refractivity contribution in [3.8, 4) is 0 Å². The summed E-state index contributed by atoms with van der Waals surface area (Å²) < 4.78 is 6.86. The minimum atomic E-state index is -0.433. The summed E-state index contributed by atoms with van der Waals surface area (Å²) in [5, 5.41) is 3.52. The second kappa shape index (κ2) is 10.5. The molecule has 3 rings (SSSR count). The Hall–Kier alpha value is -2.84. The van der Waals surface area contributed by atoms with Crippen molar-refractivity contribution < 1.29 is 9.53 Å². The predicted octanol–water partition coefficient (Wildman–Crippen LogP) is 4.38. The van der Waals surface area contributed by atoms with Crippen LogP contribution in [0.3, 0.4) is 0 Å². The number of thioether (sulfide) groups is 1. The van der Waals surface area contributed by atoms with Crippen LogP contribution >= 0.6 is 11.8 Å². The lowest BCUT2D eigenvalue weighted by Gasteiger charge is -2.30. The number of nitrogens with one attached hydrogen (secondary N) is 1. The van der Waals surface area contributed by atoms with Crippen molar-refractivity contribution in [1.29, 1.82) is 0 Å². The number of fused-ring (bicyclic) bond motifs is 1. The molecule has 1 unspecified atom stereocenters. The summed E-state index contributed by atoms with van der Waals surface area (Å²) in [7, 11) is 1.60. The lowest BCUT2D eigenvalue weighted by Crippen LogP contribution is -2.41. The zero-order valence-electron chi connectivity index (χ0n) is 18.3. The molecule has 2 aromatic carbocycles. The standard InChI is InChI=1S/C23H28N4O3S/c1-5-26-21(25-20-9-7-6-8-19(20)22(26)28)16(2)27(14-15-30-3)23(29)24-17-10-12-18(31-4)13-11-17/h6-13,16H,5,14-15H2,1-4H3,(H,24,29). The van der Waals surface area contributed by atoms with Crippen LogP contribution in [-0.2, 0) is 11.3 Å². The number of nitrogens with zero attached hydrogens (tertiary/aromatic N) is 3. The molecule has 0 radical (unpaired) electrons. The minimum absolute atomic E-state index is 0.102. The van der Waals surface area contributed by atoms with Gasteiger partial charge in [0, 0.05) is 30.8 Å². The van der Waals surface area contributed by atoms with Gasteiger partial charge in [-0.15, -0.1) is 11.8 Å². The molecule has 7 nitrogen and oxygen atoms in total. The van der Waals surface area contributed by atoms with Crippen molar-refractivity contribution in [2.24, 2.45) is 0 Å². The summed E-state index contributed by atoms with van der Waals surface area (Å²) in [5.74, 6) is 0.551. The van der Waals surface area contributed by atoms with Gasteiger partial charge in [-0.2, -0.15) is 0 Å². The molecule has 1 aromatic heterocycles. The number of ether oxygens (including phenoxy) is 1. The Bertz CT molecular complexity index is 1100.